The van der Waals surface area contributed by atoms with Gasteiger partial charge in [-0.05, 0) is 19.3 Å². The smallest absolute Gasteiger partial charge is 0.0952 e. The maximum absolute atomic E-state index is 8.84. The van der Waals surface area contributed by atoms with E-state index in [4.69, 9.17) is 10.4 Å². The van der Waals surface area contributed by atoms with Gasteiger partial charge >= 0.3 is 0 Å². The molecule has 3 unspecified atom stereocenters. The standard InChI is InChI=1S/C9H18N2O/c1-4-9(5-10)11-8(3)7(2)6-12/h7-9,11-12H,4,6H2,1-3H3. The number of aliphatic hydroxyl groups excluding tert-OH is 1. The highest BCUT2D eigenvalue weighted by atomic mass is 16.3. The zero-order chi connectivity index (χ0) is 9.56. The van der Waals surface area contributed by atoms with Crippen molar-refractivity contribution in [1.29, 1.82) is 5.26 Å². The van der Waals surface area contributed by atoms with Crippen molar-refractivity contribution in [3.8, 4) is 6.07 Å². The van der Waals surface area contributed by atoms with E-state index in [1.165, 1.54) is 0 Å². The Balaban J connectivity index is 3.82. The minimum atomic E-state index is -0.0889. The maximum atomic E-state index is 8.84. The summed E-state index contributed by atoms with van der Waals surface area (Å²) in [6, 6.07) is 2.27. The Morgan fingerprint density at radius 1 is 1.50 bits per heavy atom. The van der Waals surface area contributed by atoms with Gasteiger partial charge in [-0.15, -0.1) is 0 Å². The number of nitriles is 1. The molecule has 0 fully saturated rings. The highest BCUT2D eigenvalue weighted by Crippen LogP contribution is 2.02. The third kappa shape index (κ3) is 3.70. The molecule has 3 atom stereocenters. The van der Waals surface area contributed by atoms with Crippen molar-refractivity contribution in [3.63, 3.8) is 0 Å². The lowest BCUT2D eigenvalue weighted by Gasteiger charge is -2.21. The van der Waals surface area contributed by atoms with Gasteiger partial charge in [-0.2, -0.15) is 5.26 Å². The fourth-order valence-corrected chi connectivity index (χ4v) is 0.886. The summed E-state index contributed by atoms with van der Waals surface area (Å²) in [5.41, 5.74) is 0. The molecule has 0 radical (unpaired) electrons. The Hall–Kier alpha value is -0.590. The van der Waals surface area contributed by atoms with Crippen molar-refractivity contribution in [2.45, 2.75) is 39.3 Å². The molecule has 0 saturated heterocycles. The van der Waals surface area contributed by atoms with Crippen LogP contribution < -0.4 is 5.32 Å². The highest BCUT2D eigenvalue weighted by Gasteiger charge is 2.14. The highest BCUT2D eigenvalue weighted by molar-refractivity contribution is 4.90. The first-order valence-corrected chi connectivity index (χ1v) is 4.42. The number of hydrogen-bond acceptors (Lipinski definition) is 3. The molecule has 70 valence electrons. The van der Waals surface area contributed by atoms with Crippen LogP contribution in [0, 0.1) is 17.2 Å². The Kier molecular flexibility index (Phi) is 5.69. The Bertz CT molecular complexity index is 153. The molecule has 0 aliphatic heterocycles. The van der Waals surface area contributed by atoms with Crippen molar-refractivity contribution in [2.75, 3.05) is 6.61 Å². The van der Waals surface area contributed by atoms with Crippen LogP contribution in [0.1, 0.15) is 27.2 Å². The second-order valence-electron chi connectivity index (χ2n) is 3.21. The molecule has 2 N–H and O–H groups in total. The van der Waals surface area contributed by atoms with Crippen LogP contribution in [0.25, 0.3) is 0 Å². The molecule has 0 amide bonds. The van der Waals surface area contributed by atoms with E-state index in [9.17, 15) is 0 Å². The number of rotatable bonds is 5. The Morgan fingerprint density at radius 3 is 2.42 bits per heavy atom. The van der Waals surface area contributed by atoms with Gasteiger partial charge in [-0.1, -0.05) is 13.8 Å². The second kappa shape index (κ2) is 5.99. The molecule has 0 saturated carbocycles. The number of nitrogens with zero attached hydrogens (tertiary/aromatic N) is 1. The first-order valence-electron chi connectivity index (χ1n) is 4.42. The molecule has 0 aromatic rings. The van der Waals surface area contributed by atoms with Gasteiger partial charge in [0.25, 0.3) is 0 Å². The Morgan fingerprint density at radius 2 is 2.08 bits per heavy atom. The lowest BCUT2D eigenvalue weighted by molar-refractivity contribution is 0.204. The average molecular weight is 170 g/mol. The van der Waals surface area contributed by atoms with Crippen molar-refractivity contribution in [2.24, 2.45) is 5.92 Å². The molecule has 0 aromatic carbocycles. The summed E-state index contributed by atoms with van der Waals surface area (Å²) in [5.74, 6) is 0.201. The van der Waals surface area contributed by atoms with Crippen LogP contribution >= 0.6 is 0 Å². The largest absolute Gasteiger partial charge is 0.396 e. The van der Waals surface area contributed by atoms with Crippen LogP contribution in [0.5, 0.6) is 0 Å². The van der Waals surface area contributed by atoms with Crippen LogP contribution in [0.15, 0.2) is 0 Å². The molecule has 0 rings (SSSR count). The predicted molar refractivity (Wildman–Crippen MR) is 48.5 cm³/mol. The fraction of sp³-hybridized carbons (Fsp3) is 0.889. The minimum Gasteiger partial charge on any atom is -0.396 e. The molecular weight excluding hydrogens is 152 g/mol. The number of nitrogens with one attached hydrogen (secondary N) is 1. The van der Waals surface area contributed by atoms with E-state index in [1.807, 2.05) is 20.8 Å². The lowest BCUT2D eigenvalue weighted by Crippen LogP contribution is -2.40. The summed E-state index contributed by atoms with van der Waals surface area (Å²) in [5, 5.41) is 20.6. The third-order valence-corrected chi connectivity index (χ3v) is 2.17. The van der Waals surface area contributed by atoms with Gasteiger partial charge in [0.1, 0.15) is 0 Å². The van der Waals surface area contributed by atoms with E-state index in [0.717, 1.165) is 6.42 Å². The van der Waals surface area contributed by atoms with Crippen molar-refractivity contribution in [3.05, 3.63) is 0 Å². The summed E-state index contributed by atoms with van der Waals surface area (Å²) in [4.78, 5) is 0. The molecule has 0 spiro atoms. The molecule has 0 aliphatic rings. The van der Waals surface area contributed by atoms with Crippen LogP contribution in [0.2, 0.25) is 0 Å². The van der Waals surface area contributed by atoms with E-state index in [0.29, 0.717) is 0 Å². The molecule has 0 aliphatic carbocycles. The zero-order valence-electron chi connectivity index (χ0n) is 8.04. The first kappa shape index (κ1) is 11.4. The van der Waals surface area contributed by atoms with Gasteiger partial charge in [-0.3, -0.25) is 5.32 Å². The number of aliphatic hydroxyl groups is 1. The molecule has 12 heavy (non-hydrogen) atoms. The summed E-state index contributed by atoms with van der Waals surface area (Å²) in [7, 11) is 0. The normalized spacial score (nSPS) is 17.9. The average Bonchev–Trinajstić information content (AvgIpc) is 2.12. The van der Waals surface area contributed by atoms with Gasteiger partial charge < -0.3 is 5.11 Å². The van der Waals surface area contributed by atoms with Gasteiger partial charge in [-0.25, -0.2) is 0 Å². The van der Waals surface area contributed by atoms with Crippen LogP contribution in [-0.2, 0) is 0 Å². The Labute approximate surface area is 74.4 Å². The summed E-state index contributed by atoms with van der Waals surface area (Å²) < 4.78 is 0. The van der Waals surface area contributed by atoms with Gasteiger partial charge in [0.05, 0.1) is 12.1 Å². The minimum absolute atomic E-state index is 0.0889. The van der Waals surface area contributed by atoms with Crippen molar-refractivity contribution < 1.29 is 5.11 Å². The summed E-state index contributed by atoms with van der Waals surface area (Å²) in [6.45, 7) is 6.08. The van der Waals surface area contributed by atoms with Crippen LogP contribution in [0.3, 0.4) is 0 Å². The fourth-order valence-electron chi connectivity index (χ4n) is 0.886. The molecule has 0 aromatic heterocycles. The topological polar surface area (TPSA) is 56.0 Å². The maximum Gasteiger partial charge on any atom is 0.0952 e. The number of hydrogen-bond donors (Lipinski definition) is 2. The molecular formula is C9H18N2O. The molecule has 0 heterocycles. The monoisotopic (exact) mass is 170 g/mol. The van der Waals surface area contributed by atoms with Gasteiger partial charge in [0, 0.05) is 12.6 Å². The predicted octanol–water partition coefficient (Wildman–Crippen LogP) is 0.895. The quantitative estimate of drug-likeness (QED) is 0.644. The van der Waals surface area contributed by atoms with E-state index in [2.05, 4.69) is 11.4 Å². The first-order chi connectivity index (χ1) is 5.65. The lowest BCUT2D eigenvalue weighted by atomic mass is 10.0. The van der Waals surface area contributed by atoms with Crippen molar-refractivity contribution in [1.82, 2.24) is 5.32 Å². The SMILES string of the molecule is CCC(C#N)NC(C)C(C)CO. The molecule has 0 bridgehead atoms. The third-order valence-electron chi connectivity index (χ3n) is 2.17. The van der Waals surface area contributed by atoms with E-state index in [-0.39, 0.29) is 24.6 Å². The molecule has 3 nitrogen and oxygen atoms in total. The van der Waals surface area contributed by atoms with E-state index < -0.39 is 0 Å². The molecule has 3 heteroatoms. The van der Waals surface area contributed by atoms with Crippen molar-refractivity contribution >= 4 is 0 Å². The zero-order valence-corrected chi connectivity index (χ0v) is 8.04. The summed E-state index contributed by atoms with van der Waals surface area (Å²) in [6.07, 6.45) is 0.805. The second-order valence-corrected chi connectivity index (χ2v) is 3.21. The van der Waals surface area contributed by atoms with E-state index >= 15 is 0 Å². The van der Waals surface area contributed by atoms with E-state index in [1.54, 1.807) is 0 Å². The summed E-state index contributed by atoms with van der Waals surface area (Å²) >= 11 is 0. The van der Waals surface area contributed by atoms with Crippen LogP contribution in [-0.4, -0.2) is 23.8 Å². The van der Waals surface area contributed by atoms with Gasteiger partial charge in [0.2, 0.25) is 0 Å². The van der Waals surface area contributed by atoms with Crippen LogP contribution in [0.4, 0.5) is 0 Å². The van der Waals surface area contributed by atoms with Gasteiger partial charge in [0.15, 0.2) is 0 Å².